The number of rotatable bonds is 3. The maximum absolute atomic E-state index is 12.9. The van der Waals surface area contributed by atoms with Crippen LogP contribution in [0.15, 0.2) is 4.52 Å². The third-order valence-electron chi connectivity index (χ3n) is 5.93. The van der Waals surface area contributed by atoms with Gasteiger partial charge in [0.05, 0.1) is 5.69 Å². The van der Waals surface area contributed by atoms with Crippen molar-refractivity contribution in [2.45, 2.75) is 46.0 Å². The minimum Gasteiger partial charge on any atom is -0.361 e. The van der Waals surface area contributed by atoms with Gasteiger partial charge in [-0.1, -0.05) is 5.16 Å². The molecule has 3 aliphatic rings. The van der Waals surface area contributed by atoms with Crippen molar-refractivity contribution in [3.05, 3.63) is 17.0 Å². The molecule has 4 rings (SSSR count). The van der Waals surface area contributed by atoms with Crippen molar-refractivity contribution in [1.29, 1.82) is 0 Å². The molecule has 1 spiro atoms. The molecular formula is C18H27N3O2. The minimum absolute atomic E-state index is 0.109. The molecule has 1 saturated carbocycles. The van der Waals surface area contributed by atoms with E-state index in [0.717, 1.165) is 25.4 Å². The second-order valence-electron chi connectivity index (χ2n) is 7.96. The molecule has 126 valence electrons. The molecule has 2 saturated heterocycles. The van der Waals surface area contributed by atoms with Crippen LogP contribution in [0.25, 0.3) is 0 Å². The fourth-order valence-electron chi connectivity index (χ4n) is 4.52. The zero-order valence-electron chi connectivity index (χ0n) is 14.3. The summed E-state index contributed by atoms with van der Waals surface area (Å²) in [6, 6.07) is 0. The van der Waals surface area contributed by atoms with Gasteiger partial charge in [-0.05, 0) is 58.4 Å². The number of carbonyl (C=O) groups excluding carboxylic acids is 1. The van der Waals surface area contributed by atoms with Crippen molar-refractivity contribution in [2.75, 3.05) is 32.7 Å². The molecule has 1 atom stereocenters. The van der Waals surface area contributed by atoms with E-state index < -0.39 is 0 Å². The Balaban J connectivity index is 1.44. The highest BCUT2D eigenvalue weighted by Gasteiger charge is 2.44. The Morgan fingerprint density at radius 2 is 2.09 bits per heavy atom. The molecule has 0 aromatic carbocycles. The van der Waals surface area contributed by atoms with E-state index >= 15 is 0 Å². The van der Waals surface area contributed by atoms with E-state index in [1.165, 1.54) is 45.3 Å². The van der Waals surface area contributed by atoms with Crippen LogP contribution in [0, 0.1) is 25.2 Å². The Kier molecular flexibility index (Phi) is 3.71. The largest absolute Gasteiger partial charge is 0.361 e. The van der Waals surface area contributed by atoms with Crippen molar-refractivity contribution in [3.63, 3.8) is 0 Å². The standard InChI is InChI=1S/C18H27N3O2/c1-13-16(14(2)23-19-13)17(22)21-9-7-18(12-21)6-3-8-20(11-18)10-15-4-5-15/h15H,3-12H2,1-2H3/t18-/m0/s1. The third-order valence-corrected chi connectivity index (χ3v) is 5.93. The number of aromatic nitrogens is 1. The highest BCUT2D eigenvalue weighted by Crippen LogP contribution is 2.41. The molecule has 0 bridgehead atoms. The summed E-state index contributed by atoms with van der Waals surface area (Å²) in [5.74, 6) is 1.71. The number of piperidine rings is 1. The van der Waals surface area contributed by atoms with Crippen LogP contribution in [-0.2, 0) is 0 Å². The summed E-state index contributed by atoms with van der Waals surface area (Å²) >= 11 is 0. The SMILES string of the molecule is Cc1noc(C)c1C(=O)N1CC[C@]2(CCCN(CC3CC3)C2)C1. The van der Waals surface area contributed by atoms with Crippen LogP contribution in [0.2, 0.25) is 0 Å². The molecule has 1 aliphatic carbocycles. The van der Waals surface area contributed by atoms with Crippen LogP contribution in [0.1, 0.15) is 53.9 Å². The maximum atomic E-state index is 12.9. The molecule has 3 fully saturated rings. The van der Waals surface area contributed by atoms with E-state index in [0.29, 0.717) is 22.4 Å². The second kappa shape index (κ2) is 5.62. The molecule has 5 heteroatoms. The first-order chi connectivity index (χ1) is 11.1. The van der Waals surface area contributed by atoms with Crippen molar-refractivity contribution < 1.29 is 9.32 Å². The van der Waals surface area contributed by atoms with Gasteiger partial charge in [0, 0.05) is 31.6 Å². The lowest BCUT2D eigenvalue weighted by atomic mass is 9.79. The first-order valence-corrected chi connectivity index (χ1v) is 9.01. The summed E-state index contributed by atoms with van der Waals surface area (Å²) in [4.78, 5) is 17.5. The van der Waals surface area contributed by atoms with Gasteiger partial charge in [0.15, 0.2) is 0 Å². The molecule has 23 heavy (non-hydrogen) atoms. The summed E-state index contributed by atoms with van der Waals surface area (Å²) in [6.07, 6.45) is 6.52. The Morgan fingerprint density at radius 3 is 2.78 bits per heavy atom. The van der Waals surface area contributed by atoms with Crippen molar-refractivity contribution in [2.24, 2.45) is 11.3 Å². The van der Waals surface area contributed by atoms with E-state index in [1.54, 1.807) is 0 Å². The zero-order valence-corrected chi connectivity index (χ0v) is 14.3. The predicted molar refractivity (Wildman–Crippen MR) is 87.3 cm³/mol. The molecule has 3 heterocycles. The van der Waals surface area contributed by atoms with Crippen LogP contribution in [0.4, 0.5) is 0 Å². The quantitative estimate of drug-likeness (QED) is 0.860. The first-order valence-electron chi connectivity index (χ1n) is 9.01. The van der Waals surface area contributed by atoms with Gasteiger partial charge in [-0.15, -0.1) is 0 Å². The molecule has 0 N–H and O–H groups in total. The van der Waals surface area contributed by atoms with Gasteiger partial charge < -0.3 is 14.3 Å². The molecule has 1 aromatic rings. The minimum atomic E-state index is 0.109. The Labute approximate surface area is 138 Å². The van der Waals surface area contributed by atoms with Gasteiger partial charge in [-0.2, -0.15) is 0 Å². The Bertz CT molecular complexity index is 588. The van der Waals surface area contributed by atoms with Crippen LogP contribution in [-0.4, -0.2) is 53.6 Å². The van der Waals surface area contributed by atoms with E-state index in [-0.39, 0.29) is 5.91 Å². The molecular weight excluding hydrogens is 290 g/mol. The molecule has 0 unspecified atom stereocenters. The first kappa shape index (κ1) is 15.2. The fourth-order valence-corrected chi connectivity index (χ4v) is 4.52. The fraction of sp³-hybridized carbons (Fsp3) is 0.778. The second-order valence-corrected chi connectivity index (χ2v) is 7.96. The lowest BCUT2D eigenvalue weighted by Crippen LogP contribution is -2.46. The summed E-state index contributed by atoms with van der Waals surface area (Å²) in [5.41, 5.74) is 1.71. The van der Waals surface area contributed by atoms with Gasteiger partial charge in [-0.25, -0.2) is 0 Å². The summed E-state index contributed by atoms with van der Waals surface area (Å²) in [5, 5.41) is 3.93. The van der Waals surface area contributed by atoms with Gasteiger partial charge in [0.25, 0.3) is 5.91 Å². The van der Waals surface area contributed by atoms with Crippen LogP contribution in [0.5, 0.6) is 0 Å². The number of nitrogens with zero attached hydrogens (tertiary/aromatic N) is 3. The summed E-state index contributed by atoms with van der Waals surface area (Å²) < 4.78 is 5.17. The average Bonchev–Trinajstić information content (AvgIpc) is 3.15. The van der Waals surface area contributed by atoms with Gasteiger partial charge >= 0.3 is 0 Å². The highest BCUT2D eigenvalue weighted by molar-refractivity contribution is 5.96. The third kappa shape index (κ3) is 2.91. The molecule has 2 aliphatic heterocycles. The predicted octanol–water partition coefficient (Wildman–Crippen LogP) is 2.63. The van der Waals surface area contributed by atoms with Crippen LogP contribution < -0.4 is 0 Å². The molecule has 5 nitrogen and oxygen atoms in total. The van der Waals surface area contributed by atoms with E-state index in [9.17, 15) is 4.79 Å². The lowest BCUT2D eigenvalue weighted by Gasteiger charge is -2.40. The monoisotopic (exact) mass is 317 g/mol. The van der Waals surface area contributed by atoms with E-state index in [2.05, 4.69) is 10.1 Å². The highest BCUT2D eigenvalue weighted by atomic mass is 16.5. The van der Waals surface area contributed by atoms with Gasteiger partial charge in [-0.3, -0.25) is 4.79 Å². The van der Waals surface area contributed by atoms with Crippen molar-refractivity contribution in [1.82, 2.24) is 15.0 Å². The number of hydrogen-bond acceptors (Lipinski definition) is 4. The summed E-state index contributed by atoms with van der Waals surface area (Å²) in [7, 11) is 0. The van der Waals surface area contributed by atoms with Crippen molar-refractivity contribution >= 4 is 5.91 Å². The number of hydrogen-bond donors (Lipinski definition) is 0. The Hall–Kier alpha value is -1.36. The van der Waals surface area contributed by atoms with Crippen LogP contribution >= 0.6 is 0 Å². The van der Waals surface area contributed by atoms with Gasteiger partial charge in [0.1, 0.15) is 11.3 Å². The van der Waals surface area contributed by atoms with Gasteiger partial charge in [0.2, 0.25) is 0 Å². The maximum Gasteiger partial charge on any atom is 0.259 e. The number of amides is 1. The number of aryl methyl sites for hydroxylation is 2. The molecule has 0 radical (unpaired) electrons. The zero-order chi connectivity index (χ0) is 16.0. The van der Waals surface area contributed by atoms with Crippen LogP contribution in [0.3, 0.4) is 0 Å². The smallest absolute Gasteiger partial charge is 0.259 e. The normalized spacial score (nSPS) is 28.7. The Morgan fingerprint density at radius 1 is 1.26 bits per heavy atom. The number of carbonyl (C=O) groups is 1. The number of likely N-dealkylation sites (tertiary alicyclic amines) is 2. The molecule has 1 amide bonds. The van der Waals surface area contributed by atoms with E-state index in [1.807, 2.05) is 18.7 Å². The summed E-state index contributed by atoms with van der Waals surface area (Å²) in [6.45, 7) is 9.16. The van der Waals surface area contributed by atoms with Crippen molar-refractivity contribution in [3.8, 4) is 0 Å². The lowest BCUT2D eigenvalue weighted by molar-refractivity contribution is 0.0679. The molecule has 1 aromatic heterocycles. The average molecular weight is 317 g/mol. The van der Waals surface area contributed by atoms with E-state index in [4.69, 9.17) is 4.52 Å². The topological polar surface area (TPSA) is 49.6 Å².